The summed E-state index contributed by atoms with van der Waals surface area (Å²) < 4.78 is 63.8. The van der Waals surface area contributed by atoms with Crippen LogP contribution >= 0.6 is 0 Å². The van der Waals surface area contributed by atoms with Crippen molar-refractivity contribution in [2.75, 3.05) is 27.2 Å². The second-order valence-corrected chi connectivity index (χ2v) is 9.93. The summed E-state index contributed by atoms with van der Waals surface area (Å²) in [6, 6.07) is 4.50. The SMILES string of the molecule is COc1ccc(CN(C)S(=O)(=O)N(CCC(C)C)CCC(C)C)cc1OC(F)F. The third kappa shape index (κ3) is 8.44. The lowest BCUT2D eigenvalue weighted by atomic mass is 10.1. The van der Waals surface area contributed by atoms with Crippen molar-refractivity contribution >= 4 is 10.2 Å². The molecule has 0 aliphatic carbocycles. The minimum atomic E-state index is -3.70. The summed E-state index contributed by atoms with van der Waals surface area (Å²) in [5, 5.41) is 0. The molecule has 0 bridgehead atoms. The molecule has 0 spiro atoms. The maximum atomic E-state index is 13.1. The molecular weight excluding hydrogens is 402 g/mol. The topological polar surface area (TPSA) is 59.1 Å². The predicted octanol–water partition coefficient (Wildman–Crippen LogP) is 4.37. The first-order valence-electron chi connectivity index (χ1n) is 9.80. The molecule has 0 N–H and O–H groups in total. The fraction of sp³-hybridized carbons (Fsp3) is 0.700. The van der Waals surface area contributed by atoms with E-state index < -0.39 is 16.8 Å². The molecule has 6 nitrogen and oxygen atoms in total. The number of hydrogen-bond acceptors (Lipinski definition) is 4. The van der Waals surface area contributed by atoms with Gasteiger partial charge in [0.05, 0.1) is 7.11 Å². The molecule has 0 unspecified atom stereocenters. The van der Waals surface area contributed by atoms with Crippen molar-refractivity contribution in [3.8, 4) is 11.5 Å². The summed E-state index contributed by atoms with van der Waals surface area (Å²) in [5.41, 5.74) is 0.528. The molecule has 0 saturated carbocycles. The molecule has 168 valence electrons. The zero-order chi connectivity index (χ0) is 22.2. The average Bonchev–Trinajstić information content (AvgIpc) is 2.60. The summed E-state index contributed by atoms with van der Waals surface area (Å²) in [7, 11) is -0.852. The minimum Gasteiger partial charge on any atom is -0.493 e. The predicted molar refractivity (Wildman–Crippen MR) is 110 cm³/mol. The van der Waals surface area contributed by atoms with Crippen molar-refractivity contribution in [3.63, 3.8) is 0 Å². The molecule has 0 aliphatic heterocycles. The van der Waals surface area contributed by atoms with Crippen LogP contribution in [0.4, 0.5) is 8.78 Å². The van der Waals surface area contributed by atoms with Gasteiger partial charge in [-0.25, -0.2) is 0 Å². The zero-order valence-corrected chi connectivity index (χ0v) is 19.0. The van der Waals surface area contributed by atoms with Crippen molar-refractivity contribution in [2.24, 2.45) is 11.8 Å². The monoisotopic (exact) mass is 436 g/mol. The summed E-state index contributed by atoms with van der Waals surface area (Å²) in [4.78, 5) is 0. The average molecular weight is 437 g/mol. The number of nitrogens with zero attached hydrogens (tertiary/aromatic N) is 2. The molecule has 0 saturated heterocycles. The van der Waals surface area contributed by atoms with Crippen LogP contribution in [0.15, 0.2) is 18.2 Å². The Labute approximate surface area is 174 Å². The Morgan fingerprint density at radius 1 is 1.00 bits per heavy atom. The van der Waals surface area contributed by atoms with Gasteiger partial charge in [0.25, 0.3) is 10.2 Å². The molecule has 0 aromatic heterocycles. The first kappa shape index (κ1) is 25.6. The van der Waals surface area contributed by atoms with Crippen molar-refractivity contribution < 1.29 is 26.7 Å². The summed E-state index contributed by atoms with van der Waals surface area (Å²) in [5.74, 6) is 0.803. The zero-order valence-electron chi connectivity index (χ0n) is 18.2. The number of rotatable bonds is 13. The Morgan fingerprint density at radius 2 is 1.55 bits per heavy atom. The fourth-order valence-electron chi connectivity index (χ4n) is 2.69. The van der Waals surface area contributed by atoms with Gasteiger partial charge in [-0.1, -0.05) is 33.8 Å². The summed E-state index contributed by atoms with van der Waals surface area (Å²) >= 11 is 0. The van der Waals surface area contributed by atoms with E-state index >= 15 is 0 Å². The highest BCUT2D eigenvalue weighted by Gasteiger charge is 2.27. The van der Waals surface area contributed by atoms with E-state index in [1.54, 1.807) is 6.07 Å². The van der Waals surface area contributed by atoms with Gasteiger partial charge in [-0.3, -0.25) is 0 Å². The van der Waals surface area contributed by atoms with Crippen LogP contribution in [0, 0.1) is 11.8 Å². The number of methoxy groups -OCH3 is 1. The van der Waals surface area contributed by atoms with Crippen LogP contribution in [-0.2, 0) is 16.8 Å². The largest absolute Gasteiger partial charge is 0.493 e. The lowest BCUT2D eigenvalue weighted by Crippen LogP contribution is -2.43. The van der Waals surface area contributed by atoms with Gasteiger partial charge >= 0.3 is 6.61 Å². The third-order valence-corrected chi connectivity index (χ3v) is 6.42. The van der Waals surface area contributed by atoms with Gasteiger partial charge in [0.15, 0.2) is 11.5 Å². The maximum absolute atomic E-state index is 13.1. The molecule has 0 amide bonds. The first-order valence-corrected chi connectivity index (χ1v) is 11.2. The van der Waals surface area contributed by atoms with Crippen molar-refractivity contribution in [3.05, 3.63) is 23.8 Å². The maximum Gasteiger partial charge on any atom is 0.387 e. The summed E-state index contributed by atoms with van der Waals surface area (Å²) in [6.45, 7) is 6.14. The lowest BCUT2D eigenvalue weighted by Gasteiger charge is -2.29. The highest BCUT2D eigenvalue weighted by atomic mass is 32.2. The Hall–Kier alpha value is -1.45. The normalized spacial score (nSPS) is 12.6. The smallest absolute Gasteiger partial charge is 0.387 e. The quantitative estimate of drug-likeness (QED) is 0.461. The van der Waals surface area contributed by atoms with E-state index in [2.05, 4.69) is 32.4 Å². The van der Waals surface area contributed by atoms with Gasteiger partial charge in [-0.05, 0) is 42.4 Å². The van der Waals surface area contributed by atoms with Gasteiger partial charge in [0.1, 0.15) is 0 Å². The van der Waals surface area contributed by atoms with Crippen LogP contribution in [0.5, 0.6) is 11.5 Å². The van der Waals surface area contributed by atoms with E-state index in [-0.39, 0.29) is 18.0 Å². The van der Waals surface area contributed by atoms with Gasteiger partial charge in [-0.2, -0.15) is 25.8 Å². The van der Waals surface area contributed by atoms with Crippen LogP contribution in [0.1, 0.15) is 46.1 Å². The standard InChI is InChI=1S/C20H34F2N2O4S/c1-15(2)9-11-24(12-10-16(3)4)29(25,26)23(5)14-17-7-8-18(27-6)19(13-17)28-20(21)22/h7-8,13,15-16,20H,9-12,14H2,1-6H3. The molecule has 9 heteroatoms. The third-order valence-electron chi connectivity index (χ3n) is 4.48. The van der Waals surface area contributed by atoms with Crippen LogP contribution < -0.4 is 9.47 Å². The Bertz CT molecular complexity index is 715. The van der Waals surface area contributed by atoms with Crippen LogP contribution in [0.2, 0.25) is 0 Å². The molecule has 29 heavy (non-hydrogen) atoms. The second kappa shape index (κ2) is 11.7. The Morgan fingerprint density at radius 3 is 2.00 bits per heavy atom. The van der Waals surface area contributed by atoms with E-state index in [0.717, 1.165) is 12.8 Å². The lowest BCUT2D eigenvalue weighted by molar-refractivity contribution is -0.0512. The summed E-state index contributed by atoms with van der Waals surface area (Å²) in [6.07, 6.45) is 1.53. The highest BCUT2D eigenvalue weighted by molar-refractivity contribution is 7.86. The minimum absolute atomic E-state index is 0.0335. The van der Waals surface area contributed by atoms with Gasteiger partial charge in [0.2, 0.25) is 0 Å². The molecule has 1 aromatic carbocycles. The van der Waals surface area contributed by atoms with Gasteiger partial charge in [0, 0.05) is 26.7 Å². The van der Waals surface area contributed by atoms with E-state index in [9.17, 15) is 17.2 Å². The number of alkyl halides is 2. The molecular formula is C20H34F2N2O4S. The van der Waals surface area contributed by atoms with Crippen LogP contribution in [0.25, 0.3) is 0 Å². The number of ether oxygens (including phenoxy) is 2. The van der Waals surface area contributed by atoms with Crippen LogP contribution in [-0.4, -0.2) is 50.9 Å². The van der Waals surface area contributed by atoms with Crippen molar-refractivity contribution in [1.29, 1.82) is 0 Å². The fourth-order valence-corrected chi connectivity index (χ4v) is 4.07. The van der Waals surface area contributed by atoms with Gasteiger partial charge < -0.3 is 9.47 Å². The van der Waals surface area contributed by atoms with E-state index in [1.807, 2.05) is 0 Å². The van der Waals surface area contributed by atoms with Crippen LogP contribution in [0.3, 0.4) is 0 Å². The molecule has 0 aliphatic rings. The molecule has 0 fully saturated rings. The van der Waals surface area contributed by atoms with E-state index in [0.29, 0.717) is 30.5 Å². The number of hydrogen-bond donors (Lipinski definition) is 0. The molecule has 0 heterocycles. The Kier molecular flexibility index (Phi) is 10.3. The second-order valence-electron chi connectivity index (χ2n) is 7.89. The van der Waals surface area contributed by atoms with Crippen molar-refractivity contribution in [2.45, 2.75) is 53.7 Å². The van der Waals surface area contributed by atoms with Crippen molar-refractivity contribution in [1.82, 2.24) is 8.61 Å². The van der Waals surface area contributed by atoms with E-state index in [4.69, 9.17) is 4.74 Å². The molecule has 0 radical (unpaired) electrons. The molecule has 1 aromatic rings. The molecule has 0 atom stereocenters. The molecule has 1 rings (SSSR count). The van der Waals surface area contributed by atoms with E-state index in [1.165, 1.54) is 34.9 Å². The number of halogens is 2. The number of benzene rings is 1. The first-order chi connectivity index (χ1) is 13.5. The Balaban J connectivity index is 3.01. The van der Waals surface area contributed by atoms with Gasteiger partial charge in [-0.15, -0.1) is 0 Å². The highest BCUT2D eigenvalue weighted by Crippen LogP contribution is 2.30.